The minimum atomic E-state index is -5.08. The van der Waals surface area contributed by atoms with Gasteiger partial charge in [-0.25, -0.2) is 4.79 Å². The van der Waals surface area contributed by atoms with Crippen LogP contribution in [0.5, 0.6) is 5.75 Å². The molecule has 0 aliphatic heterocycles. The van der Waals surface area contributed by atoms with Gasteiger partial charge in [-0.1, -0.05) is 56.3 Å². The average molecular weight is 441 g/mol. The van der Waals surface area contributed by atoms with E-state index in [2.05, 4.69) is 61.7 Å². The lowest BCUT2D eigenvalue weighted by atomic mass is 10.0. The molecule has 0 aromatic heterocycles. The molecule has 0 saturated heterocycles. The third kappa shape index (κ3) is 9.85. The summed E-state index contributed by atoms with van der Waals surface area (Å²) < 4.78 is 37.2. The van der Waals surface area contributed by atoms with Crippen LogP contribution >= 0.6 is 0 Å². The minimum absolute atomic E-state index is 0.357. The molecule has 1 unspecified atom stereocenters. The molecule has 31 heavy (non-hydrogen) atoms. The molecule has 2 aromatic carbocycles. The largest absolute Gasteiger partial charge is 0.496 e. The van der Waals surface area contributed by atoms with Crippen molar-refractivity contribution in [3.8, 4) is 16.9 Å². The lowest BCUT2D eigenvalue weighted by Gasteiger charge is -2.16. The molecule has 3 N–H and O–H groups in total. The molecular formula is C23H31F3N2O3. The van der Waals surface area contributed by atoms with Gasteiger partial charge < -0.3 is 20.5 Å². The number of ether oxygens (including phenoxy) is 1. The fraction of sp³-hybridized carbons (Fsp3) is 0.435. The highest BCUT2D eigenvalue weighted by Gasteiger charge is 2.38. The number of carboxylic acid groups (broad SMARTS) is 1. The van der Waals surface area contributed by atoms with Crippen LogP contribution in [-0.4, -0.2) is 43.5 Å². The van der Waals surface area contributed by atoms with Crippen molar-refractivity contribution in [2.45, 2.75) is 45.5 Å². The normalized spacial score (nSPS) is 12.1. The molecular weight excluding hydrogens is 409 g/mol. The van der Waals surface area contributed by atoms with Crippen LogP contribution in [0.1, 0.15) is 38.8 Å². The Hall–Kier alpha value is -2.58. The smallest absolute Gasteiger partial charge is 0.490 e. The third-order valence-electron chi connectivity index (χ3n) is 4.43. The van der Waals surface area contributed by atoms with Crippen LogP contribution < -0.4 is 15.4 Å². The first-order valence-electron chi connectivity index (χ1n) is 10.1. The molecule has 8 heteroatoms. The second-order valence-electron chi connectivity index (χ2n) is 7.26. The van der Waals surface area contributed by atoms with E-state index in [0.717, 1.165) is 30.8 Å². The first kappa shape index (κ1) is 26.5. The van der Waals surface area contributed by atoms with Crippen molar-refractivity contribution in [2.24, 2.45) is 0 Å². The van der Waals surface area contributed by atoms with Gasteiger partial charge in [0, 0.05) is 17.6 Å². The van der Waals surface area contributed by atoms with Gasteiger partial charge in [-0.3, -0.25) is 0 Å². The number of carbonyl (C=O) groups is 1. The van der Waals surface area contributed by atoms with Crippen molar-refractivity contribution in [1.82, 2.24) is 10.6 Å². The Kier molecular flexibility index (Phi) is 11.1. The number of carboxylic acids is 1. The number of rotatable bonds is 9. The molecule has 2 rings (SSSR count). The highest BCUT2D eigenvalue weighted by molar-refractivity contribution is 5.73. The molecule has 1 atom stereocenters. The van der Waals surface area contributed by atoms with Crippen LogP contribution in [0, 0.1) is 0 Å². The molecule has 0 saturated carbocycles. The van der Waals surface area contributed by atoms with Crippen molar-refractivity contribution in [3.63, 3.8) is 0 Å². The Bertz CT molecular complexity index is 793. The number of halogens is 3. The van der Waals surface area contributed by atoms with Gasteiger partial charge in [0.25, 0.3) is 0 Å². The first-order chi connectivity index (χ1) is 14.6. The van der Waals surface area contributed by atoms with Crippen molar-refractivity contribution in [1.29, 1.82) is 0 Å². The molecule has 0 aliphatic rings. The monoisotopic (exact) mass is 440 g/mol. The van der Waals surface area contributed by atoms with E-state index in [4.69, 9.17) is 14.6 Å². The molecule has 2 aromatic rings. The van der Waals surface area contributed by atoms with Crippen LogP contribution in [0.25, 0.3) is 11.1 Å². The lowest BCUT2D eigenvalue weighted by Crippen LogP contribution is -2.27. The maximum atomic E-state index is 10.6. The van der Waals surface area contributed by atoms with E-state index in [1.54, 1.807) is 7.11 Å². The Morgan fingerprint density at radius 2 is 1.55 bits per heavy atom. The zero-order valence-electron chi connectivity index (χ0n) is 18.3. The van der Waals surface area contributed by atoms with Crippen molar-refractivity contribution >= 4 is 5.97 Å². The summed E-state index contributed by atoms with van der Waals surface area (Å²) in [5, 5.41) is 14.2. The Labute approximate surface area is 181 Å². The van der Waals surface area contributed by atoms with E-state index >= 15 is 0 Å². The Balaban J connectivity index is 0.000000592. The van der Waals surface area contributed by atoms with Crippen LogP contribution in [0.15, 0.2) is 48.5 Å². The highest BCUT2D eigenvalue weighted by atomic mass is 19.4. The van der Waals surface area contributed by atoms with E-state index in [0.29, 0.717) is 12.1 Å². The zero-order chi connectivity index (χ0) is 23.4. The fourth-order valence-corrected chi connectivity index (χ4v) is 2.75. The SMILES string of the molecule is COc1ccccc1-c1ccc(C(C)NCCCNC(C)C)cc1.O=C(O)C(F)(F)F. The molecule has 0 amide bonds. The second kappa shape index (κ2) is 13.0. The minimum Gasteiger partial charge on any atom is -0.496 e. The molecule has 0 heterocycles. The van der Waals surface area contributed by atoms with Crippen molar-refractivity contribution in [3.05, 3.63) is 54.1 Å². The second-order valence-corrected chi connectivity index (χ2v) is 7.26. The summed E-state index contributed by atoms with van der Waals surface area (Å²) >= 11 is 0. The molecule has 0 radical (unpaired) electrons. The number of hydrogen-bond acceptors (Lipinski definition) is 4. The summed E-state index contributed by atoms with van der Waals surface area (Å²) in [5.41, 5.74) is 3.63. The molecule has 0 bridgehead atoms. The Morgan fingerprint density at radius 1 is 1.00 bits per heavy atom. The lowest BCUT2D eigenvalue weighted by molar-refractivity contribution is -0.192. The maximum absolute atomic E-state index is 10.6. The van der Waals surface area contributed by atoms with Gasteiger partial charge >= 0.3 is 12.1 Å². The molecule has 0 fully saturated rings. The van der Waals surface area contributed by atoms with Gasteiger partial charge in [-0.05, 0) is 43.6 Å². The molecule has 5 nitrogen and oxygen atoms in total. The summed E-state index contributed by atoms with van der Waals surface area (Å²) in [7, 11) is 1.72. The van der Waals surface area contributed by atoms with E-state index in [-0.39, 0.29) is 0 Å². The van der Waals surface area contributed by atoms with Crippen LogP contribution in [0.2, 0.25) is 0 Å². The summed E-state index contributed by atoms with van der Waals surface area (Å²) in [5.74, 6) is -1.85. The van der Waals surface area contributed by atoms with E-state index in [9.17, 15) is 13.2 Å². The number of alkyl halides is 3. The van der Waals surface area contributed by atoms with Crippen LogP contribution in [0.3, 0.4) is 0 Å². The number of hydrogen-bond donors (Lipinski definition) is 3. The highest BCUT2D eigenvalue weighted by Crippen LogP contribution is 2.30. The summed E-state index contributed by atoms with van der Waals surface area (Å²) in [6.07, 6.45) is -3.94. The number of para-hydroxylation sites is 1. The maximum Gasteiger partial charge on any atom is 0.490 e. The predicted octanol–water partition coefficient (Wildman–Crippen LogP) is 5.03. The van der Waals surface area contributed by atoms with Gasteiger partial charge in [0.2, 0.25) is 0 Å². The summed E-state index contributed by atoms with van der Waals surface area (Å²) in [6.45, 7) is 8.66. The quantitative estimate of drug-likeness (QED) is 0.477. The van der Waals surface area contributed by atoms with Gasteiger partial charge in [0.15, 0.2) is 0 Å². The number of nitrogens with one attached hydrogen (secondary N) is 2. The van der Waals surface area contributed by atoms with Gasteiger partial charge in [-0.15, -0.1) is 0 Å². The van der Waals surface area contributed by atoms with Gasteiger partial charge in [-0.2, -0.15) is 13.2 Å². The van der Waals surface area contributed by atoms with E-state index < -0.39 is 12.1 Å². The van der Waals surface area contributed by atoms with Crippen LogP contribution in [0.4, 0.5) is 13.2 Å². The standard InChI is InChI=1S/C21H30N2O.C2HF3O2/c1-16(2)22-14-7-15-23-17(3)18-10-12-19(13-11-18)20-8-5-6-9-21(20)24-4;3-2(4,5)1(6)7/h5-6,8-13,16-17,22-23H,7,14-15H2,1-4H3;(H,6,7). The number of aliphatic carboxylic acids is 1. The molecule has 0 spiro atoms. The number of methoxy groups -OCH3 is 1. The molecule has 172 valence electrons. The zero-order valence-corrected chi connectivity index (χ0v) is 18.3. The summed E-state index contributed by atoms with van der Waals surface area (Å²) in [4.78, 5) is 8.90. The number of benzene rings is 2. The summed E-state index contributed by atoms with van der Waals surface area (Å²) in [6, 6.07) is 17.8. The predicted molar refractivity (Wildman–Crippen MR) is 116 cm³/mol. The van der Waals surface area contributed by atoms with E-state index in [1.165, 1.54) is 11.1 Å². The first-order valence-corrected chi connectivity index (χ1v) is 10.1. The van der Waals surface area contributed by atoms with Gasteiger partial charge in [0.05, 0.1) is 7.11 Å². The topological polar surface area (TPSA) is 70.6 Å². The molecule has 0 aliphatic carbocycles. The van der Waals surface area contributed by atoms with Crippen LogP contribution in [-0.2, 0) is 4.79 Å². The van der Waals surface area contributed by atoms with Gasteiger partial charge in [0.1, 0.15) is 5.75 Å². The third-order valence-corrected chi connectivity index (χ3v) is 4.43. The Morgan fingerprint density at radius 3 is 2.06 bits per heavy atom. The van der Waals surface area contributed by atoms with E-state index in [1.807, 2.05) is 18.2 Å². The fourth-order valence-electron chi connectivity index (χ4n) is 2.75. The van der Waals surface area contributed by atoms with Crippen molar-refractivity contribution in [2.75, 3.05) is 20.2 Å². The average Bonchev–Trinajstić information content (AvgIpc) is 2.73. The van der Waals surface area contributed by atoms with Crippen molar-refractivity contribution < 1.29 is 27.8 Å².